The monoisotopic (exact) mass is 227 g/mol. The molecule has 1 aliphatic heterocycles. The molecule has 1 nitrogen and oxygen atoms in total. The summed E-state index contributed by atoms with van der Waals surface area (Å²) in [5, 5.41) is 2.76. The molecule has 0 spiro atoms. The van der Waals surface area contributed by atoms with Gasteiger partial charge in [-0.25, -0.2) is 13.2 Å². The first-order valence-electron chi connectivity index (χ1n) is 5.35. The van der Waals surface area contributed by atoms with Crippen molar-refractivity contribution in [3.05, 3.63) is 35.9 Å². The molecule has 1 saturated heterocycles. The Labute approximate surface area is 91.7 Å². The molecule has 2 atom stereocenters. The molecule has 1 aliphatic carbocycles. The highest BCUT2D eigenvalue weighted by Gasteiger charge is 2.80. The number of hydrogen-bond donors (Lipinski definition) is 1. The van der Waals surface area contributed by atoms with E-state index in [-0.39, 0.29) is 6.54 Å². The smallest absolute Gasteiger partial charge is 0.284 e. The van der Waals surface area contributed by atoms with Crippen molar-refractivity contribution in [1.82, 2.24) is 5.32 Å². The Hall–Kier alpha value is -1.03. The van der Waals surface area contributed by atoms with Gasteiger partial charge in [-0.15, -0.1) is 0 Å². The van der Waals surface area contributed by atoms with E-state index in [1.807, 2.05) is 0 Å². The van der Waals surface area contributed by atoms with Gasteiger partial charge in [-0.05, 0) is 5.56 Å². The maximum atomic E-state index is 14.4. The fourth-order valence-electron chi connectivity index (χ4n) is 3.04. The lowest BCUT2D eigenvalue weighted by Gasteiger charge is -2.54. The minimum absolute atomic E-state index is 0.255. The summed E-state index contributed by atoms with van der Waals surface area (Å²) in [7, 11) is 0. The molecule has 2 aliphatic rings. The largest absolute Gasteiger partial charge is 0.312 e. The van der Waals surface area contributed by atoms with Gasteiger partial charge in [0.2, 0.25) is 0 Å². The summed E-state index contributed by atoms with van der Waals surface area (Å²) in [5.74, 6) is -3.20. The van der Waals surface area contributed by atoms with Gasteiger partial charge in [0, 0.05) is 19.5 Å². The van der Waals surface area contributed by atoms with Crippen molar-refractivity contribution < 1.29 is 13.2 Å². The van der Waals surface area contributed by atoms with Crippen molar-refractivity contribution >= 4 is 0 Å². The Bertz CT molecular complexity index is 420. The molecule has 1 N–H and O–H groups in total. The molecule has 3 rings (SSSR count). The lowest BCUT2D eigenvalue weighted by Crippen LogP contribution is -2.71. The zero-order chi connectivity index (χ0) is 11.4. The third-order valence-corrected chi connectivity index (χ3v) is 3.98. The Morgan fingerprint density at radius 3 is 2.31 bits per heavy atom. The van der Waals surface area contributed by atoms with Crippen LogP contribution in [0.4, 0.5) is 13.2 Å². The van der Waals surface area contributed by atoms with Crippen LogP contribution in [0.25, 0.3) is 0 Å². The molecule has 16 heavy (non-hydrogen) atoms. The van der Waals surface area contributed by atoms with Crippen LogP contribution >= 0.6 is 0 Å². The minimum atomic E-state index is -3.20. The van der Waals surface area contributed by atoms with E-state index in [9.17, 15) is 13.2 Å². The number of fused-ring (bicyclic) bond motifs is 1. The first-order valence-corrected chi connectivity index (χ1v) is 5.35. The van der Waals surface area contributed by atoms with Crippen molar-refractivity contribution in [2.24, 2.45) is 0 Å². The summed E-state index contributed by atoms with van der Waals surface area (Å²) >= 11 is 0. The molecule has 1 saturated carbocycles. The molecule has 1 aromatic carbocycles. The molecule has 0 aromatic heterocycles. The van der Waals surface area contributed by atoms with Crippen LogP contribution < -0.4 is 5.32 Å². The second-order valence-corrected chi connectivity index (χ2v) is 4.73. The van der Waals surface area contributed by atoms with Gasteiger partial charge in [0.25, 0.3) is 5.92 Å². The van der Waals surface area contributed by atoms with Gasteiger partial charge in [0.05, 0.1) is 5.41 Å². The second kappa shape index (κ2) is 2.80. The van der Waals surface area contributed by atoms with Gasteiger partial charge >= 0.3 is 0 Å². The van der Waals surface area contributed by atoms with Gasteiger partial charge in [-0.3, -0.25) is 0 Å². The summed E-state index contributed by atoms with van der Waals surface area (Å²) < 4.78 is 41.2. The number of nitrogens with one attached hydrogen (secondary N) is 1. The molecule has 2 fully saturated rings. The molecule has 86 valence electrons. The molecule has 4 heteroatoms. The van der Waals surface area contributed by atoms with E-state index >= 15 is 0 Å². The molecule has 0 bridgehead atoms. The average molecular weight is 227 g/mol. The highest BCUT2D eigenvalue weighted by Crippen LogP contribution is 2.64. The lowest BCUT2D eigenvalue weighted by atomic mass is 9.54. The predicted molar refractivity (Wildman–Crippen MR) is 54.4 cm³/mol. The maximum Gasteiger partial charge on any atom is 0.284 e. The summed E-state index contributed by atoms with van der Waals surface area (Å²) in [6, 6.07) is 8.80. The summed E-state index contributed by atoms with van der Waals surface area (Å²) in [6.07, 6.45) is -0.395. The Morgan fingerprint density at radius 2 is 1.69 bits per heavy atom. The van der Waals surface area contributed by atoms with Crippen molar-refractivity contribution in [2.45, 2.75) is 23.4 Å². The van der Waals surface area contributed by atoms with Crippen LogP contribution in [0, 0.1) is 0 Å². The third-order valence-electron chi connectivity index (χ3n) is 3.98. The van der Waals surface area contributed by atoms with Gasteiger partial charge < -0.3 is 5.32 Å². The molecular formula is C12H12F3N. The zero-order valence-corrected chi connectivity index (χ0v) is 8.64. The topological polar surface area (TPSA) is 12.0 Å². The van der Waals surface area contributed by atoms with Crippen molar-refractivity contribution in [3.63, 3.8) is 0 Å². The van der Waals surface area contributed by atoms with Gasteiger partial charge in [-0.1, -0.05) is 30.3 Å². The third kappa shape index (κ3) is 0.919. The number of rotatable bonds is 1. The fourth-order valence-corrected chi connectivity index (χ4v) is 3.04. The minimum Gasteiger partial charge on any atom is -0.312 e. The SMILES string of the molecule is FC1(F)CC2(c3ccccc3)CNCC12F. The normalized spacial score (nSPS) is 40.2. The predicted octanol–water partition coefficient (Wildman–Crippen LogP) is 2.27. The van der Waals surface area contributed by atoms with E-state index in [1.54, 1.807) is 30.3 Å². The van der Waals surface area contributed by atoms with Gasteiger partial charge in [-0.2, -0.15) is 0 Å². The maximum absolute atomic E-state index is 14.4. The second-order valence-electron chi connectivity index (χ2n) is 4.73. The van der Waals surface area contributed by atoms with E-state index < -0.39 is 23.4 Å². The van der Waals surface area contributed by atoms with Crippen LogP contribution in [0.15, 0.2) is 30.3 Å². The first kappa shape index (κ1) is 10.1. The quantitative estimate of drug-likeness (QED) is 0.776. The van der Waals surface area contributed by atoms with Crippen LogP contribution in [0.1, 0.15) is 12.0 Å². The number of benzene rings is 1. The van der Waals surface area contributed by atoms with Crippen LogP contribution in [-0.2, 0) is 5.41 Å². The van der Waals surface area contributed by atoms with E-state index in [2.05, 4.69) is 5.32 Å². The lowest BCUT2D eigenvalue weighted by molar-refractivity contribution is -0.244. The number of alkyl halides is 3. The molecular weight excluding hydrogens is 215 g/mol. The van der Waals surface area contributed by atoms with Crippen molar-refractivity contribution in [3.8, 4) is 0 Å². The summed E-state index contributed by atoms with van der Waals surface area (Å²) in [5.41, 5.74) is -2.77. The Kier molecular flexibility index (Phi) is 1.78. The molecule has 0 radical (unpaired) electrons. The molecule has 0 amide bonds. The standard InChI is InChI=1S/C12H12F3N/c13-11-8-16-7-10(11,6-12(11,14)15)9-4-2-1-3-5-9/h1-5,16H,6-8H2. The molecule has 1 aromatic rings. The fraction of sp³-hybridized carbons (Fsp3) is 0.500. The Balaban J connectivity index is 2.08. The number of halogens is 3. The average Bonchev–Trinajstić information content (AvgIpc) is 2.55. The van der Waals surface area contributed by atoms with Crippen molar-refractivity contribution in [1.29, 1.82) is 0 Å². The molecule has 1 heterocycles. The van der Waals surface area contributed by atoms with Crippen LogP contribution in [0.5, 0.6) is 0 Å². The van der Waals surface area contributed by atoms with Crippen LogP contribution in [0.2, 0.25) is 0 Å². The Morgan fingerprint density at radius 1 is 1.00 bits per heavy atom. The number of hydrogen-bond acceptors (Lipinski definition) is 1. The van der Waals surface area contributed by atoms with E-state index in [0.29, 0.717) is 12.1 Å². The van der Waals surface area contributed by atoms with E-state index in [0.717, 1.165) is 0 Å². The van der Waals surface area contributed by atoms with Crippen LogP contribution in [0.3, 0.4) is 0 Å². The first-order chi connectivity index (χ1) is 7.52. The zero-order valence-electron chi connectivity index (χ0n) is 8.64. The van der Waals surface area contributed by atoms with Crippen molar-refractivity contribution in [2.75, 3.05) is 13.1 Å². The van der Waals surface area contributed by atoms with Gasteiger partial charge in [0.15, 0.2) is 5.67 Å². The van der Waals surface area contributed by atoms with E-state index in [4.69, 9.17) is 0 Å². The summed E-state index contributed by atoms with van der Waals surface area (Å²) in [6.45, 7) is 0.0397. The molecule has 2 unspecified atom stereocenters. The van der Waals surface area contributed by atoms with E-state index in [1.165, 1.54) is 0 Å². The van der Waals surface area contributed by atoms with Gasteiger partial charge in [0.1, 0.15) is 0 Å². The van der Waals surface area contributed by atoms with Crippen LogP contribution in [-0.4, -0.2) is 24.7 Å². The highest BCUT2D eigenvalue weighted by atomic mass is 19.3. The highest BCUT2D eigenvalue weighted by molar-refractivity contribution is 5.42. The summed E-state index contributed by atoms with van der Waals surface area (Å²) in [4.78, 5) is 0.